The first-order valence-corrected chi connectivity index (χ1v) is 5.92. The number of hydrogen-bond donors (Lipinski definition) is 1. The fourth-order valence-electron chi connectivity index (χ4n) is 1.73. The zero-order chi connectivity index (χ0) is 13.8. The van der Waals surface area contributed by atoms with Gasteiger partial charge in [0.15, 0.2) is 6.39 Å². The van der Waals surface area contributed by atoms with Crippen molar-refractivity contribution in [2.75, 3.05) is 5.32 Å². The van der Waals surface area contributed by atoms with Gasteiger partial charge < -0.3 is 4.42 Å². The van der Waals surface area contributed by atoms with Crippen molar-refractivity contribution in [2.45, 2.75) is 0 Å². The normalized spacial score (nSPS) is 10.2. The summed E-state index contributed by atoms with van der Waals surface area (Å²) in [5.41, 5.74) is 1.29. The van der Waals surface area contributed by atoms with Crippen molar-refractivity contribution in [1.82, 2.24) is 15.0 Å². The van der Waals surface area contributed by atoms with E-state index in [1.54, 1.807) is 18.5 Å². The molecule has 0 aliphatic rings. The summed E-state index contributed by atoms with van der Waals surface area (Å²) in [5, 5.41) is 2.56. The molecule has 0 unspecified atom stereocenters. The smallest absolute Gasteiger partial charge is 0.296 e. The van der Waals surface area contributed by atoms with E-state index in [-0.39, 0.29) is 11.7 Å². The standard InChI is InChI=1S/C14H10N4O2/c19-13(18-14-15-7-4-8-16-14)12-11(17-9-20-12)10-5-2-1-3-6-10/h1-9H,(H,15,16,18,19). The monoisotopic (exact) mass is 266 g/mol. The molecule has 0 fully saturated rings. The maximum absolute atomic E-state index is 12.1. The van der Waals surface area contributed by atoms with Gasteiger partial charge in [-0.25, -0.2) is 15.0 Å². The second-order valence-electron chi connectivity index (χ2n) is 3.92. The highest BCUT2D eigenvalue weighted by molar-refractivity contribution is 6.05. The Morgan fingerprint density at radius 2 is 1.75 bits per heavy atom. The number of benzene rings is 1. The Labute approximate surface area is 114 Å². The van der Waals surface area contributed by atoms with Gasteiger partial charge in [-0.2, -0.15) is 0 Å². The fraction of sp³-hybridized carbons (Fsp3) is 0. The van der Waals surface area contributed by atoms with Gasteiger partial charge in [0.25, 0.3) is 5.91 Å². The molecular formula is C14H10N4O2. The largest absolute Gasteiger partial charge is 0.438 e. The Balaban J connectivity index is 1.88. The van der Waals surface area contributed by atoms with Crippen molar-refractivity contribution in [2.24, 2.45) is 0 Å². The van der Waals surface area contributed by atoms with Crippen LogP contribution in [-0.2, 0) is 0 Å². The lowest BCUT2D eigenvalue weighted by Crippen LogP contribution is -2.14. The van der Waals surface area contributed by atoms with Gasteiger partial charge in [-0.3, -0.25) is 10.1 Å². The van der Waals surface area contributed by atoms with Crippen molar-refractivity contribution in [1.29, 1.82) is 0 Å². The number of carbonyl (C=O) groups excluding carboxylic acids is 1. The number of nitrogens with zero attached hydrogens (tertiary/aromatic N) is 3. The molecule has 1 N–H and O–H groups in total. The number of nitrogens with one attached hydrogen (secondary N) is 1. The molecule has 0 radical (unpaired) electrons. The summed E-state index contributed by atoms with van der Waals surface area (Å²) in [6, 6.07) is 11.0. The summed E-state index contributed by atoms with van der Waals surface area (Å²) >= 11 is 0. The van der Waals surface area contributed by atoms with Crippen LogP contribution in [-0.4, -0.2) is 20.9 Å². The second-order valence-corrected chi connectivity index (χ2v) is 3.92. The lowest BCUT2D eigenvalue weighted by atomic mass is 10.1. The molecule has 1 amide bonds. The Kier molecular flexibility index (Phi) is 3.20. The van der Waals surface area contributed by atoms with Crippen LogP contribution in [0.4, 0.5) is 5.95 Å². The molecule has 0 aliphatic heterocycles. The van der Waals surface area contributed by atoms with Crippen LogP contribution in [0.5, 0.6) is 0 Å². The van der Waals surface area contributed by atoms with Crippen molar-refractivity contribution in [3.05, 3.63) is 60.9 Å². The van der Waals surface area contributed by atoms with E-state index in [1.807, 2.05) is 30.3 Å². The number of aromatic nitrogens is 3. The van der Waals surface area contributed by atoms with Gasteiger partial charge in [0.2, 0.25) is 11.7 Å². The van der Waals surface area contributed by atoms with Gasteiger partial charge in [0.1, 0.15) is 5.69 Å². The van der Waals surface area contributed by atoms with Gasteiger partial charge in [-0.1, -0.05) is 30.3 Å². The molecular weight excluding hydrogens is 256 g/mol. The average Bonchev–Trinajstić information content (AvgIpc) is 2.99. The lowest BCUT2D eigenvalue weighted by molar-refractivity contribution is 0.0996. The summed E-state index contributed by atoms with van der Waals surface area (Å²) in [4.78, 5) is 24.1. The van der Waals surface area contributed by atoms with Crippen LogP contribution in [0.2, 0.25) is 0 Å². The van der Waals surface area contributed by atoms with Gasteiger partial charge in [0, 0.05) is 18.0 Å². The van der Waals surface area contributed by atoms with E-state index in [2.05, 4.69) is 20.3 Å². The highest BCUT2D eigenvalue weighted by Crippen LogP contribution is 2.22. The lowest BCUT2D eigenvalue weighted by Gasteiger charge is -2.02. The number of anilines is 1. The first-order valence-electron chi connectivity index (χ1n) is 5.92. The third kappa shape index (κ3) is 2.39. The first kappa shape index (κ1) is 12.0. The van der Waals surface area contributed by atoms with Gasteiger partial charge in [0.05, 0.1) is 0 Å². The maximum atomic E-state index is 12.1. The molecule has 98 valence electrons. The summed E-state index contributed by atoms with van der Waals surface area (Å²) in [5.74, 6) is -0.0934. The second kappa shape index (κ2) is 5.31. The molecule has 6 nitrogen and oxygen atoms in total. The van der Waals surface area contributed by atoms with E-state index in [1.165, 1.54) is 6.39 Å². The van der Waals surface area contributed by atoms with Crippen molar-refractivity contribution < 1.29 is 9.21 Å². The summed E-state index contributed by atoms with van der Waals surface area (Å²) in [6.07, 6.45) is 4.32. The van der Waals surface area contributed by atoms with Crippen molar-refractivity contribution in [3.8, 4) is 11.3 Å². The van der Waals surface area contributed by atoms with Crippen LogP contribution in [0.15, 0.2) is 59.6 Å². The highest BCUT2D eigenvalue weighted by atomic mass is 16.3. The van der Waals surface area contributed by atoms with Crippen LogP contribution in [0.3, 0.4) is 0 Å². The molecule has 0 saturated carbocycles. The van der Waals surface area contributed by atoms with Gasteiger partial charge in [-0.15, -0.1) is 0 Å². The molecule has 0 bridgehead atoms. The maximum Gasteiger partial charge on any atom is 0.296 e. The summed E-state index contributed by atoms with van der Waals surface area (Å²) in [6.45, 7) is 0. The Hall–Kier alpha value is -3.02. The summed E-state index contributed by atoms with van der Waals surface area (Å²) < 4.78 is 5.17. The SMILES string of the molecule is O=C(Nc1ncccn1)c1ocnc1-c1ccccc1. The van der Waals surface area contributed by atoms with Crippen LogP contribution >= 0.6 is 0 Å². The highest BCUT2D eigenvalue weighted by Gasteiger charge is 2.19. The molecule has 20 heavy (non-hydrogen) atoms. The molecule has 6 heteroatoms. The van der Waals surface area contributed by atoms with Crippen LogP contribution < -0.4 is 5.32 Å². The zero-order valence-corrected chi connectivity index (χ0v) is 10.4. The van der Waals surface area contributed by atoms with E-state index >= 15 is 0 Å². The minimum Gasteiger partial charge on any atom is -0.438 e. The van der Waals surface area contributed by atoms with Crippen molar-refractivity contribution >= 4 is 11.9 Å². The fourth-order valence-corrected chi connectivity index (χ4v) is 1.73. The summed E-state index contributed by atoms with van der Waals surface area (Å²) in [7, 11) is 0. The third-order valence-corrected chi connectivity index (χ3v) is 2.61. The molecule has 3 aromatic rings. The molecule has 1 aromatic carbocycles. The quantitative estimate of drug-likeness (QED) is 0.787. The number of amides is 1. The first-order chi connectivity index (χ1) is 9.84. The topological polar surface area (TPSA) is 80.9 Å². The minimum absolute atomic E-state index is 0.128. The molecule has 0 atom stereocenters. The third-order valence-electron chi connectivity index (χ3n) is 2.61. The van der Waals surface area contributed by atoms with Crippen molar-refractivity contribution in [3.63, 3.8) is 0 Å². The number of oxazole rings is 1. The Bertz CT molecular complexity index is 710. The van der Waals surface area contributed by atoms with E-state index in [0.717, 1.165) is 5.56 Å². The predicted molar refractivity (Wildman–Crippen MR) is 71.9 cm³/mol. The molecule has 0 saturated heterocycles. The average molecular weight is 266 g/mol. The zero-order valence-electron chi connectivity index (χ0n) is 10.4. The minimum atomic E-state index is -0.437. The molecule has 2 aromatic heterocycles. The molecule has 0 aliphatic carbocycles. The Morgan fingerprint density at radius 1 is 1.00 bits per heavy atom. The van der Waals surface area contributed by atoms with Crippen LogP contribution in [0.25, 0.3) is 11.3 Å². The molecule has 2 heterocycles. The van der Waals surface area contributed by atoms with E-state index < -0.39 is 5.91 Å². The van der Waals surface area contributed by atoms with E-state index in [4.69, 9.17) is 4.42 Å². The number of hydrogen-bond acceptors (Lipinski definition) is 5. The van der Waals surface area contributed by atoms with Gasteiger partial charge in [-0.05, 0) is 6.07 Å². The predicted octanol–water partition coefficient (Wildman–Crippen LogP) is 2.38. The van der Waals surface area contributed by atoms with Gasteiger partial charge >= 0.3 is 0 Å². The van der Waals surface area contributed by atoms with E-state index in [9.17, 15) is 4.79 Å². The van der Waals surface area contributed by atoms with E-state index in [0.29, 0.717) is 5.69 Å². The van der Waals surface area contributed by atoms with Crippen LogP contribution in [0, 0.1) is 0 Å². The van der Waals surface area contributed by atoms with Crippen LogP contribution in [0.1, 0.15) is 10.6 Å². The number of carbonyl (C=O) groups is 1. The Morgan fingerprint density at radius 3 is 2.50 bits per heavy atom. The molecule has 3 rings (SSSR count). The molecule has 0 spiro atoms. The number of rotatable bonds is 3.